The first-order chi connectivity index (χ1) is 9.72. The Balaban J connectivity index is 1.61. The van der Waals surface area contributed by atoms with E-state index in [4.69, 9.17) is 9.15 Å². The highest BCUT2D eigenvalue weighted by Gasteiger charge is 2.29. The van der Waals surface area contributed by atoms with Gasteiger partial charge >= 0.3 is 0 Å². The topological polar surface area (TPSA) is 68.5 Å². The molecule has 0 spiro atoms. The van der Waals surface area contributed by atoms with Crippen LogP contribution >= 0.6 is 15.9 Å². The van der Waals surface area contributed by atoms with Crippen LogP contribution in [0.3, 0.4) is 0 Å². The molecule has 1 amide bonds. The van der Waals surface area contributed by atoms with E-state index in [2.05, 4.69) is 25.9 Å². The van der Waals surface area contributed by atoms with Gasteiger partial charge in [-0.1, -0.05) is 0 Å². The number of hydrogen-bond acceptors (Lipinski definition) is 5. The van der Waals surface area contributed by atoms with Crippen LogP contribution in [0.25, 0.3) is 0 Å². The summed E-state index contributed by atoms with van der Waals surface area (Å²) in [5, 5.41) is 0. The summed E-state index contributed by atoms with van der Waals surface area (Å²) in [4.78, 5) is 21.8. The number of furan rings is 1. The molecule has 1 aliphatic rings. The zero-order valence-corrected chi connectivity index (χ0v) is 12.1. The molecule has 3 heterocycles. The third-order valence-electron chi connectivity index (χ3n) is 3.06. The summed E-state index contributed by atoms with van der Waals surface area (Å²) in [5.74, 6) is 0.740. The first-order valence-electron chi connectivity index (χ1n) is 6.19. The SMILES string of the molecule is O=C(c1ccc(Br)o1)N1CC[C@@H](Oc2ccncn2)C1. The number of nitrogens with zero attached hydrogens (tertiary/aromatic N) is 3. The van der Waals surface area contributed by atoms with E-state index < -0.39 is 0 Å². The molecule has 6 nitrogen and oxygen atoms in total. The average molecular weight is 338 g/mol. The lowest BCUT2D eigenvalue weighted by Crippen LogP contribution is -2.30. The van der Waals surface area contributed by atoms with Crippen molar-refractivity contribution >= 4 is 21.8 Å². The summed E-state index contributed by atoms with van der Waals surface area (Å²) >= 11 is 3.19. The summed E-state index contributed by atoms with van der Waals surface area (Å²) in [5.41, 5.74) is 0. The number of hydrogen-bond donors (Lipinski definition) is 0. The van der Waals surface area contributed by atoms with Crippen LogP contribution < -0.4 is 4.74 Å². The number of amides is 1. The maximum atomic E-state index is 12.2. The second-order valence-electron chi connectivity index (χ2n) is 4.43. The van der Waals surface area contributed by atoms with E-state index in [1.807, 2.05) is 0 Å². The van der Waals surface area contributed by atoms with Crippen molar-refractivity contribution in [2.45, 2.75) is 12.5 Å². The molecule has 1 fully saturated rings. The van der Waals surface area contributed by atoms with Crippen LogP contribution in [0.2, 0.25) is 0 Å². The van der Waals surface area contributed by atoms with E-state index in [1.165, 1.54) is 6.33 Å². The molecule has 3 rings (SSSR count). The quantitative estimate of drug-likeness (QED) is 0.858. The number of rotatable bonds is 3. The second kappa shape index (κ2) is 5.62. The molecule has 1 saturated heterocycles. The Labute approximate surface area is 123 Å². The van der Waals surface area contributed by atoms with Crippen LogP contribution in [0.4, 0.5) is 0 Å². The van der Waals surface area contributed by atoms with Crippen molar-refractivity contribution in [3.05, 3.63) is 41.2 Å². The van der Waals surface area contributed by atoms with E-state index in [1.54, 1.807) is 29.3 Å². The summed E-state index contributed by atoms with van der Waals surface area (Å²) in [6.07, 6.45) is 3.79. The zero-order valence-electron chi connectivity index (χ0n) is 10.5. The highest BCUT2D eigenvalue weighted by Crippen LogP contribution is 2.20. The monoisotopic (exact) mass is 337 g/mol. The molecule has 0 aromatic carbocycles. The molecule has 104 valence electrons. The Bertz CT molecular complexity index is 602. The van der Waals surface area contributed by atoms with Crippen LogP contribution in [-0.2, 0) is 0 Å². The average Bonchev–Trinajstić information content (AvgIpc) is 3.08. The minimum Gasteiger partial charge on any atom is -0.472 e. The predicted octanol–water partition coefficient (Wildman–Crippen LogP) is 2.13. The summed E-state index contributed by atoms with van der Waals surface area (Å²) in [6.45, 7) is 1.17. The van der Waals surface area contributed by atoms with Gasteiger partial charge in [-0.2, -0.15) is 0 Å². The van der Waals surface area contributed by atoms with E-state index in [9.17, 15) is 4.79 Å². The van der Waals surface area contributed by atoms with Crippen LogP contribution in [0.15, 0.2) is 39.8 Å². The maximum absolute atomic E-state index is 12.2. The molecule has 0 bridgehead atoms. The number of halogens is 1. The van der Waals surface area contributed by atoms with E-state index in [-0.39, 0.29) is 12.0 Å². The van der Waals surface area contributed by atoms with Crippen molar-refractivity contribution in [1.82, 2.24) is 14.9 Å². The first-order valence-corrected chi connectivity index (χ1v) is 6.99. The van der Waals surface area contributed by atoms with Crippen molar-refractivity contribution in [3.63, 3.8) is 0 Å². The van der Waals surface area contributed by atoms with Gasteiger partial charge < -0.3 is 14.1 Å². The van der Waals surface area contributed by atoms with Gasteiger partial charge in [0.15, 0.2) is 10.4 Å². The molecule has 7 heteroatoms. The fourth-order valence-corrected chi connectivity index (χ4v) is 2.42. The van der Waals surface area contributed by atoms with Gasteiger partial charge in [0.2, 0.25) is 5.88 Å². The van der Waals surface area contributed by atoms with E-state index in [0.29, 0.717) is 29.4 Å². The Kier molecular flexibility index (Phi) is 3.68. The lowest BCUT2D eigenvalue weighted by atomic mass is 10.3. The molecule has 2 aromatic rings. The van der Waals surface area contributed by atoms with Crippen LogP contribution in [0.5, 0.6) is 5.88 Å². The molecule has 0 unspecified atom stereocenters. The third kappa shape index (κ3) is 2.82. The fraction of sp³-hybridized carbons (Fsp3) is 0.308. The number of carbonyl (C=O) groups is 1. The number of carbonyl (C=O) groups excluding carboxylic acids is 1. The highest BCUT2D eigenvalue weighted by atomic mass is 79.9. The molecule has 0 aliphatic carbocycles. The van der Waals surface area contributed by atoms with Gasteiger partial charge in [-0.25, -0.2) is 9.97 Å². The van der Waals surface area contributed by atoms with Gasteiger partial charge in [0, 0.05) is 25.2 Å². The lowest BCUT2D eigenvalue weighted by molar-refractivity contribution is 0.0738. The predicted molar refractivity (Wildman–Crippen MR) is 73.4 cm³/mol. The Hall–Kier alpha value is -1.89. The molecular formula is C13H12BrN3O3. The first kappa shape index (κ1) is 13.1. The highest BCUT2D eigenvalue weighted by molar-refractivity contribution is 9.10. The number of likely N-dealkylation sites (tertiary alicyclic amines) is 1. The summed E-state index contributed by atoms with van der Waals surface area (Å²) in [6, 6.07) is 5.07. The minimum absolute atomic E-state index is 0.0488. The maximum Gasteiger partial charge on any atom is 0.289 e. The lowest BCUT2D eigenvalue weighted by Gasteiger charge is -2.15. The molecule has 20 heavy (non-hydrogen) atoms. The molecule has 1 atom stereocenters. The smallest absolute Gasteiger partial charge is 0.289 e. The van der Waals surface area contributed by atoms with Crippen molar-refractivity contribution in [2.75, 3.05) is 13.1 Å². The van der Waals surface area contributed by atoms with E-state index >= 15 is 0 Å². The van der Waals surface area contributed by atoms with Crippen molar-refractivity contribution in [1.29, 1.82) is 0 Å². The molecule has 2 aromatic heterocycles. The Morgan fingerprint density at radius 1 is 1.45 bits per heavy atom. The second-order valence-corrected chi connectivity index (χ2v) is 5.21. The fourth-order valence-electron chi connectivity index (χ4n) is 2.11. The summed E-state index contributed by atoms with van der Waals surface area (Å²) < 4.78 is 11.5. The zero-order chi connectivity index (χ0) is 13.9. The van der Waals surface area contributed by atoms with Crippen LogP contribution in [0, 0.1) is 0 Å². The molecule has 0 N–H and O–H groups in total. The largest absolute Gasteiger partial charge is 0.472 e. The van der Waals surface area contributed by atoms with Gasteiger partial charge in [-0.3, -0.25) is 4.79 Å². The van der Waals surface area contributed by atoms with Gasteiger partial charge in [0.05, 0.1) is 6.54 Å². The molecule has 1 aliphatic heterocycles. The van der Waals surface area contributed by atoms with Crippen molar-refractivity contribution < 1.29 is 13.9 Å². The van der Waals surface area contributed by atoms with Gasteiger partial charge in [-0.05, 0) is 28.1 Å². The van der Waals surface area contributed by atoms with Gasteiger partial charge in [-0.15, -0.1) is 0 Å². The Morgan fingerprint density at radius 2 is 2.35 bits per heavy atom. The van der Waals surface area contributed by atoms with E-state index in [0.717, 1.165) is 6.42 Å². The molecular weight excluding hydrogens is 326 g/mol. The molecule has 0 saturated carbocycles. The van der Waals surface area contributed by atoms with Crippen LogP contribution in [0.1, 0.15) is 17.0 Å². The minimum atomic E-state index is -0.121. The number of ether oxygens (including phenoxy) is 1. The van der Waals surface area contributed by atoms with Crippen molar-refractivity contribution in [3.8, 4) is 5.88 Å². The number of aromatic nitrogens is 2. The standard InChI is InChI=1S/C13H12BrN3O3/c14-11-2-1-10(20-11)13(18)17-6-4-9(7-17)19-12-3-5-15-8-16-12/h1-3,5,8-9H,4,6-7H2/t9-/m1/s1. The van der Waals surface area contributed by atoms with Gasteiger partial charge in [0.1, 0.15) is 12.4 Å². The third-order valence-corrected chi connectivity index (χ3v) is 3.48. The Morgan fingerprint density at radius 3 is 3.05 bits per heavy atom. The normalized spacial score (nSPS) is 18.2. The van der Waals surface area contributed by atoms with Crippen molar-refractivity contribution in [2.24, 2.45) is 0 Å². The van der Waals surface area contributed by atoms with Crippen LogP contribution in [-0.4, -0.2) is 40.0 Å². The molecule has 0 radical (unpaired) electrons. The van der Waals surface area contributed by atoms with Gasteiger partial charge in [0.25, 0.3) is 5.91 Å². The summed E-state index contributed by atoms with van der Waals surface area (Å²) in [7, 11) is 0.